The van der Waals surface area contributed by atoms with Crippen molar-refractivity contribution in [3.05, 3.63) is 120 Å². The predicted molar refractivity (Wildman–Crippen MR) is 151 cm³/mol. The summed E-state index contributed by atoms with van der Waals surface area (Å²) in [6.45, 7) is 4.62. The molecule has 3 heteroatoms. The van der Waals surface area contributed by atoms with Gasteiger partial charge >= 0.3 is 0 Å². The van der Waals surface area contributed by atoms with Crippen molar-refractivity contribution < 1.29 is 4.42 Å². The maximum absolute atomic E-state index is 6.00. The van der Waals surface area contributed by atoms with Crippen LogP contribution in [0, 0.1) is 0 Å². The molecule has 0 spiro atoms. The van der Waals surface area contributed by atoms with Gasteiger partial charge in [-0.25, -0.2) is 0 Å². The number of anilines is 4. The summed E-state index contributed by atoms with van der Waals surface area (Å²) < 4.78 is 6.00. The van der Waals surface area contributed by atoms with Crippen molar-refractivity contribution in [1.82, 2.24) is 0 Å². The van der Waals surface area contributed by atoms with Crippen LogP contribution in [0.5, 0.6) is 0 Å². The second-order valence-electron chi connectivity index (χ2n) is 10.0. The van der Waals surface area contributed by atoms with Crippen molar-refractivity contribution in [2.45, 2.75) is 19.3 Å². The van der Waals surface area contributed by atoms with Gasteiger partial charge in [-0.15, -0.1) is 0 Å². The van der Waals surface area contributed by atoms with Crippen LogP contribution >= 0.6 is 0 Å². The number of hydrogen-bond acceptors (Lipinski definition) is 3. The number of benzene rings is 5. The van der Waals surface area contributed by atoms with Crippen LogP contribution in [0.3, 0.4) is 0 Å². The van der Waals surface area contributed by atoms with E-state index in [1.807, 2.05) is 24.3 Å². The Kier molecular flexibility index (Phi) is 4.49. The highest BCUT2D eigenvalue weighted by atomic mass is 16.3. The summed E-state index contributed by atoms with van der Waals surface area (Å²) in [6, 6.07) is 38.2. The number of hydrogen-bond donors (Lipinski definition) is 2. The summed E-state index contributed by atoms with van der Waals surface area (Å²) in [4.78, 5) is 0. The fourth-order valence-corrected chi connectivity index (χ4v) is 5.60. The summed E-state index contributed by atoms with van der Waals surface area (Å²) in [5.74, 6) is 0. The Morgan fingerprint density at radius 1 is 0.528 bits per heavy atom. The average Bonchev–Trinajstić information content (AvgIpc) is 3.38. The lowest BCUT2D eigenvalue weighted by atomic mass is 9.82. The van der Waals surface area contributed by atoms with Gasteiger partial charge < -0.3 is 15.1 Å². The van der Waals surface area contributed by atoms with Gasteiger partial charge in [0.15, 0.2) is 0 Å². The Hall–Kier alpha value is -4.50. The molecule has 1 heterocycles. The van der Waals surface area contributed by atoms with Crippen molar-refractivity contribution in [1.29, 1.82) is 0 Å². The number of rotatable bonds is 4. The van der Waals surface area contributed by atoms with E-state index in [1.54, 1.807) is 0 Å². The van der Waals surface area contributed by atoms with E-state index >= 15 is 0 Å². The normalized spacial score (nSPS) is 13.5. The van der Waals surface area contributed by atoms with E-state index in [1.165, 1.54) is 22.3 Å². The van der Waals surface area contributed by atoms with Crippen LogP contribution in [-0.2, 0) is 5.41 Å². The van der Waals surface area contributed by atoms with Crippen molar-refractivity contribution in [2.24, 2.45) is 0 Å². The van der Waals surface area contributed by atoms with Crippen LogP contribution in [0.15, 0.2) is 114 Å². The third-order valence-electron chi connectivity index (χ3n) is 7.45. The molecule has 1 aliphatic carbocycles. The molecule has 0 fully saturated rings. The first-order valence-corrected chi connectivity index (χ1v) is 12.4. The lowest BCUT2D eigenvalue weighted by molar-refractivity contribution is 0.660. The number of furan rings is 1. The molecule has 2 N–H and O–H groups in total. The lowest BCUT2D eigenvalue weighted by Gasteiger charge is -2.22. The third-order valence-corrected chi connectivity index (χ3v) is 7.45. The van der Waals surface area contributed by atoms with Crippen LogP contribution in [0.4, 0.5) is 22.7 Å². The molecule has 0 radical (unpaired) electrons. The molecule has 1 aliphatic rings. The molecule has 0 aliphatic heterocycles. The molecule has 0 saturated heterocycles. The van der Waals surface area contributed by atoms with E-state index < -0.39 is 0 Å². The van der Waals surface area contributed by atoms with Gasteiger partial charge in [-0.1, -0.05) is 74.5 Å². The fourth-order valence-electron chi connectivity index (χ4n) is 5.60. The molecule has 36 heavy (non-hydrogen) atoms. The lowest BCUT2D eigenvalue weighted by Crippen LogP contribution is -2.15. The Balaban J connectivity index is 1.22. The van der Waals surface area contributed by atoms with E-state index in [-0.39, 0.29) is 5.41 Å². The maximum atomic E-state index is 6.00. The van der Waals surface area contributed by atoms with Crippen molar-refractivity contribution in [3.63, 3.8) is 0 Å². The molecule has 0 amide bonds. The van der Waals surface area contributed by atoms with E-state index in [0.717, 1.165) is 44.7 Å². The smallest absolute Gasteiger partial charge is 0.135 e. The van der Waals surface area contributed by atoms with Crippen molar-refractivity contribution in [3.8, 4) is 11.1 Å². The van der Waals surface area contributed by atoms with Crippen LogP contribution in [0.2, 0.25) is 0 Å². The first kappa shape index (κ1) is 20.8. The first-order chi connectivity index (χ1) is 17.6. The molecule has 0 unspecified atom stereocenters. The molecule has 0 saturated carbocycles. The van der Waals surface area contributed by atoms with E-state index in [4.69, 9.17) is 4.42 Å². The van der Waals surface area contributed by atoms with Gasteiger partial charge in [0.1, 0.15) is 11.2 Å². The van der Waals surface area contributed by atoms with Gasteiger partial charge in [-0.3, -0.25) is 0 Å². The van der Waals surface area contributed by atoms with Crippen molar-refractivity contribution in [2.75, 3.05) is 10.6 Å². The molecule has 0 bridgehead atoms. The summed E-state index contributed by atoms with van der Waals surface area (Å²) >= 11 is 0. The van der Waals surface area contributed by atoms with Crippen molar-refractivity contribution >= 4 is 44.7 Å². The van der Waals surface area contributed by atoms with Gasteiger partial charge in [0.25, 0.3) is 0 Å². The minimum Gasteiger partial charge on any atom is -0.456 e. The van der Waals surface area contributed by atoms with E-state index in [0.29, 0.717) is 0 Å². The second kappa shape index (κ2) is 7.76. The molecule has 1 aromatic heterocycles. The van der Waals surface area contributed by atoms with Gasteiger partial charge in [0.05, 0.1) is 11.4 Å². The van der Waals surface area contributed by atoms with Crippen LogP contribution in [-0.4, -0.2) is 0 Å². The van der Waals surface area contributed by atoms with Crippen LogP contribution in [0.25, 0.3) is 33.1 Å². The van der Waals surface area contributed by atoms with Gasteiger partial charge in [-0.2, -0.15) is 0 Å². The van der Waals surface area contributed by atoms with Gasteiger partial charge in [0, 0.05) is 27.6 Å². The monoisotopic (exact) mass is 466 g/mol. The summed E-state index contributed by atoms with van der Waals surface area (Å²) in [6.07, 6.45) is 0. The minimum absolute atomic E-state index is 0.0236. The van der Waals surface area contributed by atoms with E-state index in [2.05, 4.69) is 109 Å². The number of fused-ring (bicyclic) bond motifs is 6. The first-order valence-electron chi connectivity index (χ1n) is 12.4. The highest BCUT2D eigenvalue weighted by Crippen LogP contribution is 2.49. The Labute approximate surface area is 210 Å². The molecular formula is C33H26N2O. The largest absolute Gasteiger partial charge is 0.456 e. The molecule has 7 rings (SSSR count). The topological polar surface area (TPSA) is 37.2 Å². The third kappa shape index (κ3) is 3.20. The second-order valence-corrected chi connectivity index (χ2v) is 10.0. The molecular weight excluding hydrogens is 440 g/mol. The zero-order valence-corrected chi connectivity index (χ0v) is 20.3. The zero-order valence-electron chi connectivity index (χ0n) is 20.3. The van der Waals surface area contributed by atoms with E-state index in [9.17, 15) is 0 Å². The molecule has 3 nitrogen and oxygen atoms in total. The highest BCUT2D eigenvalue weighted by molar-refractivity contribution is 6.06. The average molecular weight is 467 g/mol. The SMILES string of the molecule is CC1(C)c2ccccc2-c2ccc(Nc3ccccc3Nc3ccc4oc5ccccc5c4c3)cc21. The number of nitrogens with one attached hydrogen (secondary N) is 2. The maximum Gasteiger partial charge on any atom is 0.135 e. The van der Waals surface area contributed by atoms with Crippen LogP contribution in [0.1, 0.15) is 25.0 Å². The molecule has 0 atom stereocenters. The predicted octanol–water partition coefficient (Wildman–Crippen LogP) is 9.38. The Morgan fingerprint density at radius 3 is 1.97 bits per heavy atom. The summed E-state index contributed by atoms with van der Waals surface area (Å²) in [5.41, 5.74) is 11.4. The quantitative estimate of drug-likeness (QED) is 0.272. The van der Waals surface area contributed by atoms with Crippen LogP contribution < -0.4 is 10.6 Å². The summed E-state index contributed by atoms with van der Waals surface area (Å²) in [5, 5.41) is 9.53. The summed E-state index contributed by atoms with van der Waals surface area (Å²) in [7, 11) is 0. The highest BCUT2D eigenvalue weighted by Gasteiger charge is 2.35. The number of para-hydroxylation sites is 3. The Bertz CT molecular complexity index is 1780. The fraction of sp³-hybridized carbons (Fsp3) is 0.0909. The van der Waals surface area contributed by atoms with Gasteiger partial charge in [0.2, 0.25) is 0 Å². The zero-order chi connectivity index (χ0) is 24.3. The minimum atomic E-state index is -0.0236. The van der Waals surface area contributed by atoms with Gasteiger partial charge in [-0.05, 0) is 70.8 Å². The Morgan fingerprint density at radius 2 is 1.14 bits per heavy atom. The standard InChI is InChI=1S/C33H26N2O/c1-33(2)27-11-5-3-9-23(27)24-17-15-22(20-28(24)33)35-30-13-7-6-12-29(30)34-21-16-18-32-26(19-21)25-10-4-8-14-31(25)36-32/h3-20,34-35H,1-2H3. The molecule has 6 aromatic rings. The molecule has 174 valence electrons. The molecule has 5 aromatic carbocycles.